The second-order valence-electron chi connectivity index (χ2n) is 6.26. The molecule has 150 valence electrons. The quantitative estimate of drug-likeness (QED) is 0.245. The van der Waals surface area contributed by atoms with E-state index in [9.17, 15) is 9.59 Å². The van der Waals surface area contributed by atoms with Crippen LogP contribution in [0.5, 0.6) is 0 Å². The van der Waals surface area contributed by atoms with Crippen molar-refractivity contribution in [1.82, 2.24) is 0 Å². The Hall–Kier alpha value is -0.261. The molecular weight excluding hydrogens is 423 g/mol. The fourth-order valence-electron chi connectivity index (χ4n) is 1.96. The van der Waals surface area contributed by atoms with Crippen molar-refractivity contribution in [2.24, 2.45) is 0 Å². The van der Waals surface area contributed by atoms with E-state index < -0.39 is 11.9 Å². The SMILES string of the molecule is CCCCCCCC(=O)O.CCCCCCCC(=O)O.CCC[CH2][SnH]. The molecule has 0 unspecified atom stereocenters. The molecule has 0 saturated carbocycles. The number of unbranched alkanes of at least 4 members (excludes halogenated alkanes) is 9. The van der Waals surface area contributed by atoms with E-state index >= 15 is 0 Å². The average Bonchev–Trinajstić information content (AvgIpc) is 2.56. The van der Waals surface area contributed by atoms with Gasteiger partial charge >= 0.3 is 58.7 Å². The van der Waals surface area contributed by atoms with Crippen LogP contribution in [0.25, 0.3) is 0 Å². The van der Waals surface area contributed by atoms with Gasteiger partial charge in [0, 0.05) is 12.8 Å². The summed E-state index contributed by atoms with van der Waals surface area (Å²) in [6, 6.07) is 0. The summed E-state index contributed by atoms with van der Waals surface area (Å²) in [5.74, 6) is -1.34. The van der Waals surface area contributed by atoms with Crippen LogP contribution in [0.1, 0.15) is 111 Å². The number of carboxylic acid groups (broad SMARTS) is 2. The van der Waals surface area contributed by atoms with Gasteiger partial charge in [-0.05, 0) is 12.8 Å². The number of hydrogen-bond donors (Lipinski definition) is 2. The number of rotatable bonds is 14. The molecule has 2 N–H and O–H groups in total. The predicted octanol–water partition coefficient (Wildman–Crippen LogP) is 5.97. The van der Waals surface area contributed by atoms with Crippen molar-refractivity contribution in [2.75, 3.05) is 0 Å². The predicted molar refractivity (Wildman–Crippen MR) is 109 cm³/mol. The maximum atomic E-state index is 10.0. The van der Waals surface area contributed by atoms with Crippen LogP contribution in [0.3, 0.4) is 0 Å². The normalized spacial score (nSPS) is 9.44. The Morgan fingerprint density at radius 3 is 1.12 bits per heavy atom. The molecule has 25 heavy (non-hydrogen) atoms. The van der Waals surface area contributed by atoms with E-state index in [0.717, 1.165) is 25.7 Å². The van der Waals surface area contributed by atoms with Crippen molar-refractivity contribution in [3.63, 3.8) is 0 Å². The molecule has 2 radical (unpaired) electrons. The summed E-state index contributed by atoms with van der Waals surface area (Å²) in [6.45, 7) is 6.53. The molecule has 0 rings (SSSR count). The van der Waals surface area contributed by atoms with E-state index in [2.05, 4.69) is 20.8 Å². The monoisotopic (exact) mass is 466 g/mol. The van der Waals surface area contributed by atoms with Crippen molar-refractivity contribution in [3.8, 4) is 0 Å². The van der Waals surface area contributed by atoms with E-state index in [1.807, 2.05) is 0 Å². The molecule has 0 aliphatic carbocycles. The Balaban J connectivity index is -0.000000308. The molecule has 0 atom stereocenters. The zero-order valence-electron chi connectivity index (χ0n) is 16.9. The van der Waals surface area contributed by atoms with Gasteiger partial charge in [-0.15, -0.1) is 0 Å². The first-order chi connectivity index (χ1) is 12.0. The summed E-state index contributed by atoms with van der Waals surface area (Å²) in [5.41, 5.74) is 0. The number of hydrogen-bond acceptors (Lipinski definition) is 2. The molecule has 0 aliphatic heterocycles. The second kappa shape index (κ2) is 28.5. The van der Waals surface area contributed by atoms with Crippen LogP contribution in [0.4, 0.5) is 0 Å². The fourth-order valence-corrected chi connectivity index (χ4v) is 3.13. The van der Waals surface area contributed by atoms with E-state index in [0.29, 0.717) is 12.8 Å². The molecular formula is C20H42O4Sn. The molecule has 0 aromatic rings. The summed E-state index contributed by atoms with van der Waals surface area (Å²) in [5, 5.41) is 16.5. The second-order valence-corrected chi connectivity index (χ2v) is 7.91. The van der Waals surface area contributed by atoms with Gasteiger partial charge in [0.25, 0.3) is 0 Å². The van der Waals surface area contributed by atoms with E-state index in [4.69, 9.17) is 10.2 Å². The molecule has 0 fully saturated rings. The van der Waals surface area contributed by atoms with Crippen molar-refractivity contribution < 1.29 is 19.8 Å². The van der Waals surface area contributed by atoms with Crippen LogP contribution in [0.2, 0.25) is 4.44 Å². The minimum absolute atomic E-state index is 0.337. The van der Waals surface area contributed by atoms with Crippen molar-refractivity contribution in [3.05, 3.63) is 0 Å². The third-order valence-electron chi connectivity index (χ3n) is 3.55. The first kappa shape index (κ1) is 29.5. The molecule has 0 saturated heterocycles. The molecule has 0 heterocycles. The Labute approximate surface area is 169 Å². The Bertz CT molecular complexity index is 244. The number of carbonyl (C=O) groups is 2. The van der Waals surface area contributed by atoms with Gasteiger partial charge < -0.3 is 10.2 Å². The van der Waals surface area contributed by atoms with Gasteiger partial charge in [-0.2, -0.15) is 0 Å². The molecule has 0 aromatic heterocycles. The fraction of sp³-hybridized carbons (Fsp3) is 0.900. The van der Waals surface area contributed by atoms with Crippen molar-refractivity contribution in [1.29, 1.82) is 0 Å². The van der Waals surface area contributed by atoms with Gasteiger partial charge in [-0.3, -0.25) is 9.59 Å². The van der Waals surface area contributed by atoms with Crippen LogP contribution in [-0.2, 0) is 9.59 Å². The zero-order valence-corrected chi connectivity index (χ0v) is 20.2. The molecule has 0 aromatic carbocycles. The molecule has 4 nitrogen and oxygen atoms in total. The number of carboxylic acids is 2. The van der Waals surface area contributed by atoms with Crippen LogP contribution < -0.4 is 0 Å². The van der Waals surface area contributed by atoms with Gasteiger partial charge in [0.05, 0.1) is 0 Å². The first-order valence-electron chi connectivity index (χ1n) is 10.1. The van der Waals surface area contributed by atoms with Crippen molar-refractivity contribution >= 4 is 34.5 Å². The zero-order chi connectivity index (χ0) is 19.8. The third kappa shape index (κ3) is 45.3. The van der Waals surface area contributed by atoms with Crippen LogP contribution in [0, 0.1) is 0 Å². The summed E-state index contributed by atoms with van der Waals surface area (Å²) < 4.78 is 1.47. The molecule has 0 bridgehead atoms. The summed E-state index contributed by atoms with van der Waals surface area (Å²) in [7, 11) is 0. The van der Waals surface area contributed by atoms with Gasteiger partial charge in [-0.25, -0.2) is 0 Å². The molecule has 0 aliphatic rings. The van der Waals surface area contributed by atoms with Gasteiger partial charge in [0.15, 0.2) is 0 Å². The Kier molecular flexibility index (Phi) is 33.7. The Morgan fingerprint density at radius 2 is 0.920 bits per heavy atom. The molecule has 0 amide bonds. The molecule has 5 heteroatoms. The molecule has 0 spiro atoms. The van der Waals surface area contributed by atoms with Gasteiger partial charge in [0.1, 0.15) is 0 Å². The van der Waals surface area contributed by atoms with Gasteiger partial charge in [0.2, 0.25) is 0 Å². The summed E-state index contributed by atoms with van der Waals surface area (Å²) >= 11 is 1.45. The maximum absolute atomic E-state index is 10.0. The average molecular weight is 465 g/mol. The van der Waals surface area contributed by atoms with Crippen molar-refractivity contribution in [2.45, 2.75) is 115 Å². The van der Waals surface area contributed by atoms with Gasteiger partial charge in [-0.1, -0.05) is 65.2 Å². The summed E-state index contributed by atoms with van der Waals surface area (Å²) in [6.07, 6.45) is 14.6. The van der Waals surface area contributed by atoms with Crippen LogP contribution >= 0.6 is 0 Å². The topological polar surface area (TPSA) is 74.6 Å². The van der Waals surface area contributed by atoms with E-state index in [-0.39, 0.29) is 0 Å². The summed E-state index contributed by atoms with van der Waals surface area (Å²) in [4.78, 5) is 20.1. The Morgan fingerprint density at radius 1 is 0.600 bits per heavy atom. The standard InChI is InChI=1S/2C8H16O2.C4H9.Sn.H/c2*1-2-3-4-5-6-7-8(9)10;1-3-4-2;;/h2*2-7H2,1H3,(H,9,10);1,3-4H2,2H3;;. The first-order valence-corrected chi connectivity index (χ1v) is 12.4. The van der Waals surface area contributed by atoms with Crippen LogP contribution in [-0.4, -0.2) is 44.7 Å². The van der Waals surface area contributed by atoms with Crippen LogP contribution in [0.15, 0.2) is 0 Å². The van der Waals surface area contributed by atoms with E-state index in [1.165, 1.54) is 78.3 Å². The van der Waals surface area contributed by atoms with E-state index in [1.54, 1.807) is 0 Å². The minimum atomic E-state index is -0.670. The number of aliphatic carboxylic acids is 2. The third-order valence-corrected chi connectivity index (χ3v) is 4.71.